The molecule has 1 fully saturated rings. The van der Waals surface area contributed by atoms with Crippen LogP contribution in [0.4, 0.5) is 4.39 Å². The van der Waals surface area contributed by atoms with Crippen molar-refractivity contribution in [3.8, 4) is 0 Å². The molecule has 1 aliphatic heterocycles. The highest BCUT2D eigenvalue weighted by Gasteiger charge is 2.39. The molecule has 0 radical (unpaired) electrons. The summed E-state index contributed by atoms with van der Waals surface area (Å²) in [5, 5.41) is 2.86. The minimum absolute atomic E-state index is 0.00672. The molecule has 1 N–H and O–H groups in total. The fourth-order valence-electron chi connectivity index (χ4n) is 3.27. The first kappa shape index (κ1) is 21.8. The van der Waals surface area contributed by atoms with Crippen LogP contribution in [0, 0.1) is 12.7 Å². The molecule has 29 heavy (non-hydrogen) atoms. The molecule has 3 rings (SSSR count). The molecule has 2 aromatic rings. The van der Waals surface area contributed by atoms with Crippen molar-refractivity contribution < 1.29 is 17.6 Å². The number of nitrogens with one attached hydrogen (secondary N) is 1. The molecule has 0 bridgehead atoms. The van der Waals surface area contributed by atoms with Crippen molar-refractivity contribution in [1.29, 1.82) is 0 Å². The van der Waals surface area contributed by atoms with Crippen molar-refractivity contribution in [2.24, 2.45) is 0 Å². The lowest BCUT2D eigenvalue weighted by Gasteiger charge is -2.23. The molecule has 0 spiro atoms. The van der Waals surface area contributed by atoms with Gasteiger partial charge < -0.3 is 5.32 Å². The SMILES string of the molecule is Cc1ccc(CSCCNC(=O)C2CCCN2S(=O)(=O)c2ccc(F)cc2)cc1. The number of thioether (sulfide) groups is 1. The molecule has 1 atom stereocenters. The normalized spacial score (nSPS) is 17.4. The van der Waals surface area contributed by atoms with Crippen LogP contribution in [0.15, 0.2) is 53.4 Å². The van der Waals surface area contributed by atoms with E-state index in [1.54, 1.807) is 11.8 Å². The van der Waals surface area contributed by atoms with Crippen LogP contribution >= 0.6 is 11.8 Å². The van der Waals surface area contributed by atoms with Gasteiger partial charge in [0.2, 0.25) is 15.9 Å². The van der Waals surface area contributed by atoms with E-state index in [4.69, 9.17) is 0 Å². The van der Waals surface area contributed by atoms with Gasteiger partial charge in [-0.3, -0.25) is 4.79 Å². The molecule has 0 aromatic heterocycles. The molecule has 5 nitrogen and oxygen atoms in total. The number of sulfonamides is 1. The van der Waals surface area contributed by atoms with Crippen molar-refractivity contribution in [3.05, 3.63) is 65.5 Å². The minimum atomic E-state index is -3.82. The molecule has 156 valence electrons. The van der Waals surface area contributed by atoms with E-state index in [0.29, 0.717) is 25.9 Å². The lowest BCUT2D eigenvalue weighted by atomic mass is 10.2. The molecule has 0 saturated carbocycles. The van der Waals surface area contributed by atoms with Gasteiger partial charge in [0.25, 0.3) is 0 Å². The van der Waals surface area contributed by atoms with Crippen molar-refractivity contribution in [2.75, 3.05) is 18.8 Å². The van der Waals surface area contributed by atoms with Gasteiger partial charge in [-0.25, -0.2) is 12.8 Å². The van der Waals surface area contributed by atoms with E-state index in [0.717, 1.165) is 23.6 Å². The van der Waals surface area contributed by atoms with Crippen molar-refractivity contribution in [1.82, 2.24) is 9.62 Å². The first-order valence-electron chi connectivity index (χ1n) is 9.56. The Morgan fingerprint density at radius 2 is 1.86 bits per heavy atom. The van der Waals surface area contributed by atoms with Crippen LogP contribution in [-0.2, 0) is 20.6 Å². The topological polar surface area (TPSA) is 66.5 Å². The Kier molecular flexibility index (Phi) is 7.32. The number of amides is 1. The summed E-state index contributed by atoms with van der Waals surface area (Å²) in [5.74, 6) is 0.841. The van der Waals surface area contributed by atoms with Gasteiger partial charge in [-0.15, -0.1) is 0 Å². The Bertz CT molecular complexity index is 931. The third-order valence-electron chi connectivity index (χ3n) is 4.86. The maximum atomic E-state index is 13.1. The maximum absolute atomic E-state index is 13.1. The Labute approximate surface area is 175 Å². The van der Waals surface area contributed by atoms with Crippen LogP contribution in [0.1, 0.15) is 24.0 Å². The number of aryl methyl sites for hydroxylation is 1. The quantitative estimate of drug-likeness (QED) is 0.645. The highest BCUT2D eigenvalue weighted by atomic mass is 32.2. The lowest BCUT2D eigenvalue weighted by molar-refractivity contribution is -0.124. The molecule has 8 heteroatoms. The second kappa shape index (κ2) is 9.73. The zero-order chi connectivity index (χ0) is 20.9. The van der Waals surface area contributed by atoms with Gasteiger partial charge in [-0.05, 0) is 49.6 Å². The fraction of sp³-hybridized carbons (Fsp3) is 0.381. The van der Waals surface area contributed by atoms with Crippen LogP contribution in [0.2, 0.25) is 0 Å². The van der Waals surface area contributed by atoms with Crippen molar-refractivity contribution in [2.45, 2.75) is 36.5 Å². The molecule has 1 heterocycles. The summed E-state index contributed by atoms with van der Waals surface area (Å²) in [5.41, 5.74) is 2.46. The van der Waals surface area contributed by atoms with Gasteiger partial charge in [0, 0.05) is 24.6 Å². The number of halogens is 1. The Morgan fingerprint density at radius 3 is 2.55 bits per heavy atom. The van der Waals surface area contributed by atoms with Gasteiger partial charge in [0.1, 0.15) is 11.9 Å². The van der Waals surface area contributed by atoms with Crippen molar-refractivity contribution in [3.63, 3.8) is 0 Å². The fourth-order valence-corrected chi connectivity index (χ4v) is 5.75. The van der Waals surface area contributed by atoms with E-state index in [1.165, 1.54) is 27.6 Å². The molecule has 2 aromatic carbocycles. The molecule has 1 amide bonds. The van der Waals surface area contributed by atoms with Gasteiger partial charge in [-0.2, -0.15) is 16.1 Å². The zero-order valence-electron chi connectivity index (χ0n) is 16.3. The van der Waals surface area contributed by atoms with Crippen LogP contribution < -0.4 is 5.32 Å². The highest BCUT2D eigenvalue weighted by molar-refractivity contribution is 7.98. The van der Waals surface area contributed by atoms with Crippen LogP contribution in [0.3, 0.4) is 0 Å². The van der Waals surface area contributed by atoms with E-state index in [9.17, 15) is 17.6 Å². The smallest absolute Gasteiger partial charge is 0.243 e. The Balaban J connectivity index is 1.50. The van der Waals surface area contributed by atoms with Crippen LogP contribution in [0.5, 0.6) is 0 Å². The van der Waals surface area contributed by atoms with Gasteiger partial charge in [0.15, 0.2) is 0 Å². The van der Waals surface area contributed by atoms with Crippen molar-refractivity contribution >= 4 is 27.7 Å². The summed E-state index contributed by atoms with van der Waals surface area (Å²) in [6.07, 6.45) is 1.11. The maximum Gasteiger partial charge on any atom is 0.243 e. The molecular formula is C21H25FN2O3S2. The standard InChI is InChI=1S/C21H25FN2O3S2/c1-16-4-6-17(7-5-16)15-28-14-12-23-21(25)20-3-2-13-24(20)29(26,27)19-10-8-18(22)9-11-19/h4-11,20H,2-3,12-15H2,1H3,(H,23,25). The van der Waals surface area contributed by atoms with E-state index in [2.05, 4.69) is 36.5 Å². The molecule has 1 unspecified atom stereocenters. The first-order chi connectivity index (χ1) is 13.9. The Morgan fingerprint density at radius 1 is 1.17 bits per heavy atom. The average Bonchev–Trinajstić information content (AvgIpc) is 3.20. The number of hydrogen-bond acceptors (Lipinski definition) is 4. The second-order valence-corrected chi connectivity index (χ2v) is 10.1. The number of benzene rings is 2. The molecule has 0 aliphatic carbocycles. The van der Waals surface area contributed by atoms with Crippen LogP contribution in [0.25, 0.3) is 0 Å². The monoisotopic (exact) mass is 436 g/mol. The Hall–Kier alpha value is -1.90. The largest absolute Gasteiger partial charge is 0.354 e. The average molecular weight is 437 g/mol. The number of hydrogen-bond donors (Lipinski definition) is 1. The summed E-state index contributed by atoms with van der Waals surface area (Å²) >= 11 is 1.72. The highest BCUT2D eigenvalue weighted by Crippen LogP contribution is 2.26. The molecule has 1 aliphatic rings. The van der Waals surface area contributed by atoms with E-state index < -0.39 is 21.9 Å². The summed E-state index contributed by atoms with van der Waals surface area (Å²) in [4.78, 5) is 12.6. The summed E-state index contributed by atoms with van der Waals surface area (Å²) in [7, 11) is -3.82. The third kappa shape index (κ3) is 5.58. The van der Waals surface area contributed by atoms with Gasteiger partial charge >= 0.3 is 0 Å². The predicted molar refractivity (Wildman–Crippen MR) is 114 cm³/mol. The van der Waals surface area contributed by atoms with Gasteiger partial charge in [0.05, 0.1) is 4.90 Å². The van der Waals surface area contributed by atoms with E-state index in [-0.39, 0.29) is 10.8 Å². The van der Waals surface area contributed by atoms with Gasteiger partial charge in [-0.1, -0.05) is 29.8 Å². The lowest BCUT2D eigenvalue weighted by Crippen LogP contribution is -2.46. The minimum Gasteiger partial charge on any atom is -0.354 e. The van der Waals surface area contributed by atoms with E-state index >= 15 is 0 Å². The zero-order valence-corrected chi connectivity index (χ0v) is 17.9. The first-order valence-corrected chi connectivity index (χ1v) is 12.2. The summed E-state index contributed by atoms with van der Waals surface area (Å²) in [6.45, 7) is 2.82. The predicted octanol–water partition coefficient (Wildman–Crippen LogP) is 3.34. The third-order valence-corrected chi connectivity index (χ3v) is 7.81. The molecule has 1 saturated heterocycles. The second-order valence-electron chi connectivity index (χ2n) is 7.06. The van der Waals surface area contributed by atoms with Crippen LogP contribution in [-0.4, -0.2) is 43.5 Å². The van der Waals surface area contributed by atoms with E-state index in [1.807, 2.05) is 0 Å². The number of carbonyl (C=O) groups is 1. The number of rotatable bonds is 8. The number of nitrogens with zero attached hydrogens (tertiary/aromatic N) is 1. The molecular weight excluding hydrogens is 411 g/mol. The summed E-state index contributed by atoms with van der Waals surface area (Å²) < 4.78 is 40.0. The number of carbonyl (C=O) groups excluding carboxylic acids is 1. The summed E-state index contributed by atoms with van der Waals surface area (Å²) in [6, 6.07) is 12.3.